The Bertz CT molecular complexity index is 843. The van der Waals surface area contributed by atoms with E-state index in [1.807, 2.05) is 27.7 Å². The molecule has 0 amide bonds. The number of halogens is 2. The van der Waals surface area contributed by atoms with Crippen LogP contribution in [0.1, 0.15) is 39.7 Å². The summed E-state index contributed by atoms with van der Waals surface area (Å²) < 4.78 is 42.0. The van der Waals surface area contributed by atoms with Crippen LogP contribution < -0.4 is 5.46 Å². The van der Waals surface area contributed by atoms with Crippen molar-refractivity contribution in [3.05, 3.63) is 41.7 Å². The molecular formula is C18H21BF2N2O4. The monoisotopic (exact) mass is 378 g/mol. The molecule has 1 aliphatic heterocycles. The van der Waals surface area contributed by atoms with Crippen molar-refractivity contribution in [1.82, 2.24) is 9.78 Å². The molecule has 3 rings (SSSR count). The highest BCUT2D eigenvalue weighted by atomic mass is 19.1. The molecule has 0 bridgehead atoms. The minimum absolute atomic E-state index is 0.0858. The Morgan fingerprint density at radius 3 is 2.26 bits per heavy atom. The Kier molecular flexibility index (Phi) is 4.86. The van der Waals surface area contributed by atoms with E-state index in [9.17, 15) is 13.6 Å². The van der Waals surface area contributed by atoms with Crippen molar-refractivity contribution in [2.24, 2.45) is 0 Å². The van der Waals surface area contributed by atoms with Crippen molar-refractivity contribution < 1.29 is 28.0 Å². The minimum atomic E-state index is -0.952. The zero-order chi connectivity index (χ0) is 20.0. The summed E-state index contributed by atoms with van der Waals surface area (Å²) in [5.74, 6) is -2.58. The Labute approximate surface area is 156 Å². The molecule has 2 heterocycles. The lowest BCUT2D eigenvalue weighted by atomic mass is 9.79. The van der Waals surface area contributed by atoms with Crippen LogP contribution in [0.4, 0.5) is 8.78 Å². The second-order valence-corrected chi connectivity index (χ2v) is 7.61. The summed E-state index contributed by atoms with van der Waals surface area (Å²) in [4.78, 5) is 10.6. The van der Waals surface area contributed by atoms with E-state index < -0.39 is 35.9 Å². The molecular weight excluding hydrogens is 357 g/mol. The first-order chi connectivity index (χ1) is 12.5. The van der Waals surface area contributed by atoms with Gasteiger partial charge < -0.3 is 14.4 Å². The van der Waals surface area contributed by atoms with Gasteiger partial charge in [0.25, 0.3) is 0 Å². The topological polar surface area (TPSA) is 73.6 Å². The van der Waals surface area contributed by atoms with Crippen molar-refractivity contribution in [3.63, 3.8) is 0 Å². The molecule has 0 unspecified atom stereocenters. The quantitative estimate of drug-likeness (QED) is 0.810. The maximum absolute atomic E-state index is 14.7. The molecule has 2 aromatic rings. The van der Waals surface area contributed by atoms with E-state index in [1.54, 1.807) is 0 Å². The summed E-state index contributed by atoms with van der Waals surface area (Å²) in [6, 6.07) is 2.33. The van der Waals surface area contributed by atoms with E-state index in [-0.39, 0.29) is 24.0 Å². The smallest absolute Gasteiger partial charge is 0.481 e. The lowest BCUT2D eigenvalue weighted by molar-refractivity contribution is -0.136. The highest BCUT2D eigenvalue weighted by molar-refractivity contribution is 6.62. The number of hydrogen-bond acceptors (Lipinski definition) is 4. The highest BCUT2D eigenvalue weighted by Crippen LogP contribution is 2.36. The van der Waals surface area contributed by atoms with Gasteiger partial charge in [0.2, 0.25) is 0 Å². The number of aryl methyl sites for hydroxylation is 1. The molecule has 1 aromatic heterocycles. The van der Waals surface area contributed by atoms with Crippen LogP contribution in [0.3, 0.4) is 0 Å². The van der Waals surface area contributed by atoms with Gasteiger partial charge >= 0.3 is 13.1 Å². The van der Waals surface area contributed by atoms with Crippen molar-refractivity contribution in [2.75, 3.05) is 0 Å². The van der Waals surface area contributed by atoms with E-state index in [0.717, 1.165) is 4.68 Å². The number of nitrogens with zero attached hydrogens (tertiary/aromatic N) is 2. The molecule has 0 aliphatic carbocycles. The summed E-state index contributed by atoms with van der Waals surface area (Å²) in [6.07, 6.45) is 2.95. The standard InChI is InChI=1S/C18H21BF2N2O4/c1-17(2)18(3,4)27-19(26-17)12-7-13(20)16(14(21)8-12)23-10-11(9-22-23)5-6-15(24)25/h7-10H,5-6H2,1-4H3,(H,24,25). The van der Waals surface area contributed by atoms with Crippen molar-refractivity contribution >= 4 is 18.6 Å². The lowest BCUT2D eigenvalue weighted by Gasteiger charge is -2.32. The predicted molar refractivity (Wildman–Crippen MR) is 95.2 cm³/mol. The summed E-state index contributed by atoms with van der Waals surface area (Å²) in [5.41, 5.74) is -0.761. The third-order valence-corrected chi connectivity index (χ3v) is 5.06. The summed E-state index contributed by atoms with van der Waals surface area (Å²) in [6.45, 7) is 7.43. The first-order valence-electron chi connectivity index (χ1n) is 8.60. The van der Waals surface area contributed by atoms with Gasteiger partial charge in [-0.3, -0.25) is 4.79 Å². The van der Waals surface area contributed by atoms with Gasteiger partial charge in [-0.25, -0.2) is 13.5 Å². The average Bonchev–Trinajstić information content (AvgIpc) is 3.07. The summed E-state index contributed by atoms with van der Waals surface area (Å²) in [5, 5.41) is 12.7. The molecule has 1 aromatic carbocycles. The van der Waals surface area contributed by atoms with Gasteiger partial charge in [0.15, 0.2) is 11.6 Å². The fourth-order valence-electron chi connectivity index (χ4n) is 2.78. The van der Waals surface area contributed by atoms with E-state index >= 15 is 0 Å². The van der Waals surface area contributed by atoms with Crippen LogP contribution in [0.2, 0.25) is 0 Å². The Morgan fingerprint density at radius 2 is 1.74 bits per heavy atom. The van der Waals surface area contributed by atoms with Crippen LogP contribution in [0.5, 0.6) is 0 Å². The van der Waals surface area contributed by atoms with E-state index in [2.05, 4.69) is 5.10 Å². The molecule has 0 atom stereocenters. The minimum Gasteiger partial charge on any atom is -0.481 e. The second kappa shape index (κ2) is 6.72. The van der Waals surface area contributed by atoms with Crippen LogP contribution in [0.25, 0.3) is 5.69 Å². The third-order valence-electron chi connectivity index (χ3n) is 5.06. The third kappa shape index (κ3) is 3.75. The van der Waals surface area contributed by atoms with E-state index in [1.165, 1.54) is 24.5 Å². The fourth-order valence-corrected chi connectivity index (χ4v) is 2.78. The van der Waals surface area contributed by atoms with Gasteiger partial charge in [-0.2, -0.15) is 5.10 Å². The highest BCUT2D eigenvalue weighted by Gasteiger charge is 2.52. The van der Waals surface area contributed by atoms with E-state index in [0.29, 0.717) is 5.56 Å². The van der Waals surface area contributed by atoms with Crippen molar-refractivity contribution in [2.45, 2.75) is 51.7 Å². The molecule has 0 radical (unpaired) electrons. The molecule has 144 valence electrons. The average molecular weight is 378 g/mol. The number of benzene rings is 1. The number of aliphatic carboxylic acids is 1. The number of rotatable bonds is 5. The zero-order valence-corrected chi connectivity index (χ0v) is 15.6. The second-order valence-electron chi connectivity index (χ2n) is 7.61. The molecule has 1 N–H and O–H groups in total. The van der Waals surface area contributed by atoms with Crippen molar-refractivity contribution in [3.8, 4) is 5.69 Å². The predicted octanol–water partition coefficient (Wildman–Crippen LogP) is 2.47. The summed E-state index contributed by atoms with van der Waals surface area (Å²) in [7, 11) is -0.878. The van der Waals surface area contributed by atoms with Crippen LogP contribution >= 0.6 is 0 Å². The fraction of sp³-hybridized carbons (Fsp3) is 0.444. The normalized spacial score (nSPS) is 18.1. The van der Waals surface area contributed by atoms with Gasteiger partial charge in [0, 0.05) is 12.6 Å². The van der Waals surface area contributed by atoms with Gasteiger partial charge in [0.1, 0.15) is 5.69 Å². The molecule has 0 spiro atoms. The number of aromatic nitrogens is 2. The number of carbonyl (C=O) groups is 1. The Hall–Kier alpha value is -2.26. The maximum Gasteiger partial charge on any atom is 0.495 e. The molecule has 27 heavy (non-hydrogen) atoms. The van der Waals surface area contributed by atoms with Crippen LogP contribution in [-0.2, 0) is 20.5 Å². The summed E-state index contributed by atoms with van der Waals surface area (Å²) >= 11 is 0. The Balaban J connectivity index is 1.87. The zero-order valence-electron chi connectivity index (χ0n) is 15.6. The van der Waals surface area contributed by atoms with Crippen LogP contribution in [0.15, 0.2) is 24.5 Å². The van der Waals surface area contributed by atoms with Gasteiger partial charge in [-0.1, -0.05) is 0 Å². The first kappa shape index (κ1) is 19.5. The molecule has 1 aliphatic rings. The SMILES string of the molecule is CC1(C)OB(c2cc(F)c(-n3cc(CCC(=O)O)cn3)c(F)c2)OC1(C)C. The van der Waals surface area contributed by atoms with Gasteiger partial charge in [0.05, 0.1) is 17.4 Å². The molecule has 0 saturated carbocycles. The molecule has 1 fully saturated rings. The molecule has 6 nitrogen and oxygen atoms in total. The lowest BCUT2D eigenvalue weighted by Crippen LogP contribution is -2.41. The number of carboxylic acids is 1. The number of hydrogen-bond donors (Lipinski definition) is 1. The molecule has 1 saturated heterocycles. The van der Waals surface area contributed by atoms with Crippen LogP contribution in [0, 0.1) is 11.6 Å². The van der Waals surface area contributed by atoms with Crippen LogP contribution in [-0.4, -0.2) is 39.2 Å². The maximum atomic E-state index is 14.7. The Morgan fingerprint density at radius 1 is 1.19 bits per heavy atom. The van der Waals surface area contributed by atoms with Gasteiger partial charge in [-0.05, 0) is 57.3 Å². The largest absolute Gasteiger partial charge is 0.495 e. The number of carboxylic acid groups (broad SMARTS) is 1. The van der Waals surface area contributed by atoms with Crippen molar-refractivity contribution in [1.29, 1.82) is 0 Å². The first-order valence-corrected chi connectivity index (χ1v) is 8.60. The van der Waals surface area contributed by atoms with Gasteiger partial charge in [-0.15, -0.1) is 0 Å². The molecule has 9 heteroatoms. The van der Waals surface area contributed by atoms with E-state index in [4.69, 9.17) is 14.4 Å².